The number of rotatable bonds is 5. The molecule has 0 aliphatic heterocycles. The summed E-state index contributed by atoms with van der Waals surface area (Å²) in [7, 11) is 0. The second kappa shape index (κ2) is 7.96. The van der Waals surface area contributed by atoms with E-state index < -0.39 is 0 Å². The quantitative estimate of drug-likeness (QED) is 0.462. The Kier molecular flexibility index (Phi) is 5.16. The molecule has 2 aliphatic carbocycles. The summed E-state index contributed by atoms with van der Waals surface area (Å²) in [5, 5.41) is 1.58. The van der Waals surface area contributed by atoms with Crippen LogP contribution in [0.25, 0.3) is 16.5 Å². The molecule has 30 heavy (non-hydrogen) atoms. The Morgan fingerprint density at radius 1 is 1.10 bits per heavy atom. The Labute approximate surface area is 180 Å². The minimum Gasteiger partial charge on any atom is -0.299 e. The monoisotopic (exact) mass is 419 g/mol. The van der Waals surface area contributed by atoms with Crippen LogP contribution in [-0.4, -0.2) is 10.8 Å². The number of carbonyl (C=O) groups is 1. The van der Waals surface area contributed by atoms with Gasteiger partial charge in [0, 0.05) is 29.4 Å². The Morgan fingerprint density at radius 2 is 1.93 bits per heavy atom. The highest BCUT2D eigenvalue weighted by atomic mass is 35.5. The van der Waals surface area contributed by atoms with Crippen LogP contribution in [0.4, 0.5) is 4.39 Å². The van der Waals surface area contributed by atoms with E-state index in [1.807, 2.05) is 36.5 Å². The molecule has 3 aromatic rings. The van der Waals surface area contributed by atoms with Gasteiger partial charge in [0.1, 0.15) is 11.6 Å². The maximum atomic E-state index is 13.8. The van der Waals surface area contributed by atoms with E-state index in [1.165, 1.54) is 11.6 Å². The zero-order valence-electron chi connectivity index (χ0n) is 16.7. The molecule has 2 aliphatic rings. The van der Waals surface area contributed by atoms with Crippen LogP contribution in [0.15, 0.2) is 60.8 Å². The van der Waals surface area contributed by atoms with Crippen LogP contribution in [0.3, 0.4) is 0 Å². The molecule has 2 aromatic carbocycles. The molecule has 0 saturated heterocycles. The number of carbonyl (C=O) groups excluding carboxylic acids is 1. The molecule has 1 aromatic heterocycles. The molecule has 0 unspecified atom stereocenters. The number of benzene rings is 2. The van der Waals surface area contributed by atoms with Gasteiger partial charge in [-0.25, -0.2) is 4.39 Å². The molecule has 0 N–H and O–H groups in total. The van der Waals surface area contributed by atoms with E-state index in [1.54, 1.807) is 12.1 Å². The normalized spacial score (nSPS) is 22.9. The van der Waals surface area contributed by atoms with Crippen LogP contribution in [-0.2, 0) is 11.2 Å². The molecule has 1 saturated carbocycles. The van der Waals surface area contributed by atoms with Gasteiger partial charge < -0.3 is 0 Å². The first-order valence-electron chi connectivity index (χ1n) is 10.6. The van der Waals surface area contributed by atoms with Crippen LogP contribution in [0.5, 0.6) is 0 Å². The van der Waals surface area contributed by atoms with E-state index in [2.05, 4.69) is 11.1 Å². The Balaban J connectivity index is 1.26. The highest BCUT2D eigenvalue weighted by Crippen LogP contribution is 2.49. The van der Waals surface area contributed by atoms with Gasteiger partial charge in [-0.15, -0.1) is 0 Å². The van der Waals surface area contributed by atoms with Crippen molar-refractivity contribution in [3.05, 3.63) is 82.8 Å². The van der Waals surface area contributed by atoms with Crippen LogP contribution >= 0.6 is 11.6 Å². The van der Waals surface area contributed by atoms with E-state index in [-0.39, 0.29) is 5.82 Å². The second-order valence-corrected chi connectivity index (χ2v) is 9.16. The maximum Gasteiger partial charge on any atom is 0.137 e. The molecule has 0 bridgehead atoms. The molecular formula is C26H23ClFNO. The molecule has 2 nitrogen and oxygen atoms in total. The van der Waals surface area contributed by atoms with Crippen molar-refractivity contribution in [1.29, 1.82) is 0 Å². The van der Waals surface area contributed by atoms with Crippen LogP contribution < -0.4 is 0 Å². The van der Waals surface area contributed by atoms with Crippen molar-refractivity contribution in [3.63, 3.8) is 0 Å². The summed E-state index contributed by atoms with van der Waals surface area (Å²) < 4.78 is 13.8. The average molecular weight is 420 g/mol. The number of halogens is 2. The lowest BCUT2D eigenvalue weighted by atomic mass is 9.92. The Bertz CT molecular complexity index is 1140. The summed E-state index contributed by atoms with van der Waals surface area (Å²) in [6, 6.07) is 14.3. The number of allylic oxidation sites excluding steroid dienone is 2. The third kappa shape index (κ3) is 3.91. The SMILES string of the molecule is O=C(Cc1ccc(Cl)cc1)C[C@@H]1C[C@@H]2CC(c3ccnc4ccc(F)cc34)=C[C@@H]2C1. The van der Waals surface area contributed by atoms with E-state index in [0.717, 1.165) is 41.3 Å². The smallest absolute Gasteiger partial charge is 0.137 e. The van der Waals surface area contributed by atoms with Gasteiger partial charge in [0.05, 0.1) is 5.52 Å². The van der Waals surface area contributed by atoms with Crippen molar-refractivity contribution >= 4 is 33.9 Å². The molecule has 5 rings (SSSR count). The first kappa shape index (κ1) is 19.4. The van der Waals surface area contributed by atoms with Gasteiger partial charge in [-0.1, -0.05) is 29.8 Å². The molecule has 4 heteroatoms. The summed E-state index contributed by atoms with van der Waals surface area (Å²) in [5.41, 5.74) is 4.26. The third-order valence-electron chi connectivity index (χ3n) is 6.62. The van der Waals surface area contributed by atoms with Crippen molar-refractivity contribution in [2.75, 3.05) is 0 Å². The highest BCUT2D eigenvalue weighted by Gasteiger charge is 2.38. The van der Waals surface area contributed by atoms with Gasteiger partial charge in [-0.2, -0.15) is 0 Å². The van der Waals surface area contributed by atoms with E-state index >= 15 is 0 Å². The summed E-state index contributed by atoms with van der Waals surface area (Å²) in [6.07, 6.45) is 8.48. The maximum absolute atomic E-state index is 13.8. The average Bonchev–Trinajstić information content (AvgIpc) is 3.27. The number of Topliss-reactive ketones (excluding diaryl/α,β-unsaturated/α-hetero) is 1. The number of hydrogen-bond donors (Lipinski definition) is 0. The number of aromatic nitrogens is 1. The molecule has 152 valence electrons. The van der Waals surface area contributed by atoms with Crippen molar-refractivity contribution in [2.45, 2.75) is 32.1 Å². The zero-order chi connectivity index (χ0) is 20.7. The van der Waals surface area contributed by atoms with Crippen molar-refractivity contribution in [2.24, 2.45) is 17.8 Å². The largest absolute Gasteiger partial charge is 0.299 e. The highest BCUT2D eigenvalue weighted by molar-refractivity contribution is 6.30. The molecular weight excluding hydrogens is 397 g/mol. The Hall–Kier alpha value is -2.52. The molecule has 0 spiro atoms. The minimum absolute atomic E-state index is 0.227. The third-order valence-corrected chi connectivity index (χ3v) is 6.88. The van der Waals surface area contributed by atoms with E-state index in [0.29, 0.717) is 41.4 Å². The topological polar surface area (TPSA) is 30.0 Å². The molecule has 0 radical (unpaired) electrons. The summed E-state index contributed by atoms with van der Waals surface area (Å²) in [6.45, 7) is 0. The van der Waals surface area contributed by atoms with Gasteiger partial charge in [0.25, 0.3) is 0 Å². The predicted molar refractivity (Wildman–Crippen MR) is 119 cm³/mol. The lowest BCUT2D eigenvalue weighted by Gasteiger charge is -2.12. The molecule has 1 fully saturated rings. The first-order chi connectivity index (χ1) is 14.5. The van der Waals surface area contributed by atoms with Crippen molar-refractivity contribution in [1.82, 2.24) is 4.98 Å². The Morgan fingerprint density at radius 3 is 2.73 bits per heavy atom. The van der Waals surface area contributed by atoms with Crippen molar-refractivity contribution < 1.29 is 9.18 Å². The number of nitrogens with zero attached hydrogens (tertiary/aromatic N) is 1. The summed E-state index contributed by atoms with van der Waals surface area (Å²) in [4.78, 5) is 16.9. The van der Waals surface area contributed by atoms with Gasteiger partial charge in [-0.05, 0) is 90.1 Å². The molecule has 0 amide bonds. The fourth-order valence-corrected chi connectivity index (χ4v) is 5.44. The lowest BCUT2D eigenvalue weighted by Crippen LogP contribution is -2.09. The van der Waals surface area contributed by atoms with E-state index in [9.17, 15) is 9.18 Å². The number of hydrogen-bond acceptors (Lipinski definition) is 2. The lowest BCUT2D eigenvalue weighted by molar-refractivity contribution is -0.119. The van der Waals surface area contributed by atoms with Gasteiger partial charge >= 0.3 is 0 Å². The van der Waals surface area contributed by atoms with Crippen LogP contribution in [0.1, 0.15) is 36.8 Å². The first-order valence-corrected chi connectivity index (χ1v) is 10.9. The number of ketones is 1. The van der Waals surface area contributed by atoms with E-state index in [4.69, 9.17) is 11.6 Å². The number of pyridine rings is 1. The fourth-order valence-electron chi connectivity index (χ4n) is 5.31. The molecule has 3 atom stereocenters. The van der Waals surface area contributed by atoms with Gasteiger partial charge in [0.2, 0.25) is 0 Å². The zero-order valence-corrected chi connectivity index (χ0v) is 17.4. The molecule has 1 heterocycles. The predicted octanol–water partition coefficient (Wildman–Crippen LogP) is 6.66. The van der Waals surface area contributed by atoms with Gasteiger partial charge in [-0.3, -0.25) is 9.78 Å². The standard InChI is InChI=1S/C26H23ClFNO/c27-21-3-1-16(2-4-21)11-23(30)12-17-9-18-13-20(14-19(18)10-17)24-7-8-29-26-6-5-22(28)15-25(24)26/h1-8,13,15,17-19H,9-12,14H2/t17-,18-,19+/m0/s1. The fraction of sp³-hybridized carbons (Fsp3) is 0.308. The van der Waals surface area contributed by atoms with Crippen molar-refractivity contribution in [3.8, 4) is 0 Å². The van der Waals surface area contributed by atoms with Crippen LogP contribution in [0.2, 0.25) is 5.02 Å². The second-order valence-electron chi connectivity index (χ2n) is 8.72. The minimum atomic E-state index is -0.227. The van der Waals surface area contributed by atoms with Gasteiger partial charge in [0.15, 0.2) is 0 Å². The number of fused-ring (bicyclic) bond motifs is 2. The summed E-state index contributed by atoms with van der Waals surface area (Å²) >= 11 is 5.92. The summed E-state index contributed by atoms with van der Waals surface area (Å²) in [5.74, 6) is 1.65. The van der Waals surface area contributed by atoms with Crippen LogP contribution in [0, 0.1) is 23.6 Å².